The van der Waals surface area contributed by atoms with Crippen LogP contribution in [-0.2, 0) is 4.74 Å². The summed E-state index contributed by atoms with van der Waals surface area (Å²) in [6, 6.07) is 0.518. The molecule has 0 heterocycles. The third-order valence-corrected chi connectivity index (χ3v) is 5.69. The average molecular weight is 298 g/mol. The van der Waals surface area contributed by atoms with Crippen LogP contribution in [-0.4, -0.2) is 25.8 Å². The lowest BCUT2D eigenvalue weighted by atomic mass is 9.67. The molecule has 21 heavy (non-hydrogen) atoms. The van der Waals surface area contributed by atoms with Crippen molar-refractivity contribution in [3.05, 3.63) is 0 Å². The first-order valence-electron chi connectivity index (χ1n) is 9.22. The Bertz CT molecular complexity index is 265. The molecular formula is C19H39NO. The van der Waals surface area contributed by atoms with Crippen molar-refractivity contribution in [3.8, 4) is 0 Å². The lowest BCUT2D eigenvalue weighted by molar-refractivity contribution is -0.0868. The monoisotopic (exact) mass is 297 g/mol. The summed E-state index contributed by atoms with van der Waals surface area (Å²) in [5, 5.41) is 3.57. The number of likely N-dealkylation sites (N-methyl/N-ethyl adjacent to an activating group) is 1. The van der Waals surface area contributed by atoms with Crippen molar-refractivity contribution in [1.82, 2.24) is 5.32 Å². The van der Waals surface area contributed by atoms with Crippen LogP contribution in [0, 0.1) is 5.41 Å². The normalized spacial score (nSPS) is 22.1. The number of unbranched alkanes of at least 4 members (excludes halogenated alkanes) is 5. The van der Waals surface area contributed by atoms with Crippen LogP contribution in [0.5, 0.6) is 0 Å². The fourth-order valence-electron chi connectivity index (χ4n) is 3.84. The van der Waals surface area contributed by atoms with Crippen molar-refractivity contribution in [2.24, 2.45) is 5.41 Å². The zero-order chi connectivity index (χ0) is 15.8. The first-order valence-corrected chi connectivity index (χ1v) is 9.22. The predicted octanol–water partition coefficient (Wildman–Crippen LogP) is 5.31. The van der Waals surface area contributed by atoms with Crippen molar-refractivity contribution < 1.29 is 4.74 Å². The number of methoxy groups -OCH3 is 1. The first kappa shape index (κ1) is 19.0. The Kier molecular flexibility index (Phi) is 8.26. The molecule has 0 aromatic rings. The second-order valence-electron chi connectivity index (χ2n) is 7.83. The van der Waals surface area contributed by atoms with E-state index in [0.29, 0.717) is 11.5 Å². The minimum atomic E-state index is 0.0771. The minimum absolute atomic E-state index is 0.0771. The third kappa shape index (κ3) is 5.90. The molecule has 1 aliphatic carbocycles. The fourth-order valence-corrected chi connectivity index (χ4v) is 3.84. The summed E-state index contributed by atoms with van der Waals surface area (Å²) in [6.07, 6.45) is 14.5. The molecule has 1 atom stereocenters. The van der Waals surface area contributed by atoms with Gasteiger partial charge < -0.3 is 10.1 Å². The van der Waals surface area contributed by atoms with Gasteiger partial charge in [0.1, 0.15) is 0 Å². The highest BCUT2D eigenvalue weighted by atomic mass is 16.5. The van der Waals surface area contributed by atoms with Gasteiger partial charge >= 0.3 is 0 Å². The average Bonchev–Trinajstić information content (AvgIpc) is 2.48. The summed E-state index contributed by atoms with van der Waals surface area (Å²) in [5.74, 6) is 0. The summed E-state index contributed by atoms with van der Waals surface area (Å²) in [7, 11) is 4.03. The van der Waals surface area contributed by atoms with Gasteiger partial charge in [-0.3, -0.25) is 0 Å². The van der Waals surface area contributed by atoms with Gasteiger partial charge in [-0.1, -0.05) is 59.3 Å². The first-order chi connectivity index (χ1) is 9.99. The molecule has 1 fully saturated rings. The molecule has 0 bridgehead atoms. The van der Waals surface area contributed by atoms with Gasteiger partial charge in [-0.15, -0.1) is 0 Å². The van der Waals surface area contributed by atoms with E-state index in [1.54, 1.807) is 0 Å². The maximum absolute atomic E-state index is 6.06. The van der Waals surface area contributed by atoms with Crippen molar-refractivity contribution in [2.75, 3.05) is 14.2 Å². The summed E-state index contributed by atoms with van der Waals surface area (Å²) in [5.41, 5.74) is 0.578. The van der Waals surface area contributed by atoms with Gasteiger partial charge in [-0.05, 0) is 44.6 Å². The molecule has 0 amide bonds. The molecular weight excluding hydrogens is 258 g/mol. The van der Waals surface area contributed by atoms with Crippen molar-refractivity contribution in [1.29, 1.82) is 0 Å². The van der Waals surface area contributed by atoms with Crippen molar-refractivity contribution in [2.45, 2.75) is 103 Å². The van der Waals surface area contributed by atoms with Crippen LogP contribution in [0.25, 0.3) is 0 Å². The molecule has 2 nitrogen and oxygen atoms in total. The summed E-state index contributed by atoms with van der Waals surface area (Å²) in [6.45, 7) is 7.08. The van der Waals surface area contributed by atoms with E-state index in [-0.39, 0.29) is 5.60 Å². The molecule has 126 valence electrons. The molecule has 1 saturated carbocycles. The zero-order valence-corrected chi connectivity index (χ0v) is 15.3. The van der Waals surface area contributed by atoms with Crippen LogP contribution in [0.4, 0.5) is 0 Å². The molecule has 1 N–H and O–H groups in total. The van der Waals surface area contributed by atoms with Crippen LogP contribution in [0.15, 0.2) is 0 Å². The molecule has 0 aliphatic heterocycles. The molecule has 1 unspecified atom stereocenters. The standard InChI is InChI=1S/C19H39NO/c1-6-7-8-9-10-11-12-17(20-4)19(21-5)15-13-18(2,3)14-16-19/h17,20H,6-16H2,1-5H3. The largest absolute Gasteiger partial charge is 0.377 e. The number of rotatable bonds is 10. The molecule has 2 heteroatoms. The quantitative estimate of drug-likeness (QED) is 0.552. The third-order valence-electron chi connectivity index (χ3n) is 5.69. The summed E-state index contributed by atoms with van der Waals surface area (Å²) < 4.78 is 6.06. The Labute approximate surface area is 133 Å². The van der Waals surface area contributed by atoms with Gasteiger partial charge in [0, 0.05) is 13.2 Å². The van der Waals surface area contributed by atoms with Gasteiger partial charge in [0.15, 0.2) is 0 Å². The zero-order valence-electron chi connectivity index (χ0n) is 15.3. The second kappa shape index (κ2) is 9.15. The maximum Gasteiger partial charge on any atom is 0.0831 e. The van der Waals surface area contributed by atoms with Gasteiger partial charge in [0.25, 0.3) is 0 Å². The number of ether oxygens (including phenoxy) is 1. The molecule has 0 aromatic heterocycles. The topological polar surface area (TPSA) is 21.3 Å². The lowest BCUT2D eigenvalue weighted by Gasteiger charge is -2.47. The van der Waals surface area contributed by atoms with E-state index in [2.05, 4.69) is 33.1 Å². The van der Waals surface area contributed by atoms with E-state index in [0.717, 1.165) is 0 Å². The second-order valence-corrected chi connectivity index (χ2v) is 7.83. The fraction of sp³-hybridized carbons (Fsp3) is 1.00. The molecule has 0 radical (unpaired) electrons. The Morgan fingerprint density at radius 1 is 0.952 bits per heavy atom. The minimum Gasteiger partial charge on any atom is -0.377 e. The smallest absolute Gasteiger partial charge is 0.0831 e. The van der Waals surface area contributed by atoms with E-state index in [1.165, 1.54) is 70.6 Å². The van der Waals surface area contributed by atoms with Crippen LogP contribution >= 0.6 is 0 Å². The van der Waals surface area contributed by atoms with Crippen molar-refractivity contribution >= 4 is 0 Å². The van der Waals surface area contributed by atoms with E-state index >= 15 is 0 Å². The summed E-state index contributed by atoms with van der Waals surface area (Å²) in [4.78, 5) is 0. The van der Waals surface area contributed by atoms with Crippen LogP contribution in [0.3, 0.4) is 0 Å². The van der Waals surface area contributed by atoms with E-state index in [4.69, 9.17) is 4.74 Å². The highest BCUT2D eigenvalue weighted by Gasteiger charge is 2.43. The Balaban J connectivity index is 2.41. The van der Waals surface area contributed by atoms with Crippen LogP contribution in [0.2, 0.25) is 0 Å². The molecule has 0 saturated heterocycles. The molecule has 0 spiro atoms. The highest BCUT2D eigenvalue weighted by molar-refractivity contribution is 4.98. The van der Waals surface area contributed by atoms with Gasteiger partial charge in [0.05, 0.1) is 5.60 Å². The maximum atomic E-state index is 6.06. The molecule has 1 rings (SSSR count). The van der Waals surface area contributed by atoms with E-state index in [1.807, 2.05) is 7.11 Å². The SMILES string of the molecule is CCCCCCCCC(NC)C1(OC)CCC(C)(C)CC1. The predicted molar refractivity (Wildman–Crippen MR) is 92.8 cm³/mol. The molecule has 1 aliphatic rings. The Morgan fingerprint density at radius 3 is 2.05 bits per heavy atom. The van der Waals surface area contributed by atoms with Crippen molar-refractivity contribution in [3.63, 3.8) is 0 Å². The Morgan fingerprint density at radius 2 is 1.52 bits per heavy atom. The number of nitrogens with one attached hydrogen (secondary N) is 1. The summed E-state index contributed by atoms with van der Waals surface area (Å²) >= 11 is 0. The molecule has 0 aromatic carbocycles. The van der Waals surface area contributed by atoms with Gasteiger partial charge in [-0.2, -0.15) is 0 Å². The lowest BCUT2D eigenvalue weighted by Crippen LogP contribution is -2.53. The van der Waals surface area contributed by atoms with E-state index < -0.39 is 0 Å². The van der Waals surface area contributed by atoms with Crippen LogP contribution < -0.4 is 5.32 Å². The van der Waals surface area contributed by atoms with Gasteiger partial charge in [0.2, 0.25) is 0 Å². The van der Waals surface area contributed by atoms with Gasteiger partial charge in [-0.25, -0.2) is 0 Å². The van der Waals surface area contributed by atoms with Crippen LogP contribution in [0.1, 0.15) is 91.4 Å². The Hall–Kier alpha value is -0.0800. The highest BCUT2D eigenvalue weighted by Crippen LogP contribution is 2.44. The van der Waals surface area contributed by atoms with E-state index in [9.17, 15) is 0 Å². The number of hydrogen-bond donors (Lipinski definition) is 1. The number of hydrogen-bond acceptors (Lipinski definition) is 2.